The molecule has 0 heterocycles. The summed E-state index contributed by atoms with van der Waals surface area (Å²) >= 11 is 0. The highest BCUT2D eigenvalue weighted by molar-refractivity contribution is 4.75. The molecule has 10 heavy (non-hydrogen) atoms. The molecule has 2 N–H and O–H groups in total. The topological polar surface area (TPSA) is 40.5 Å². The third kappa shape index (κ3) is 1.92. The number of hydrogen-bond acceptors (Lipinski definition) is 2. The molecule has 0 aromatic rings. The van der Waals surface area contributed by atoms with E-state index in [-0.39, 0.29) is 12.6 Å². The second kappa shape index (κ2) is 2.84. The molecule has 1 aliphatic carbocycles. The summed E-state index contributed by atoms with van der Waals surface area (Å²) in [4.78, 5) is 0. The molecule has 0 aromatic carbocycles. The maximum Gasteiger partial charge on any atom is 0.162 e. The van der Waals surface area contributed by atoms with Crippen LogP contribution in [0.3, 0.4) is 0 Å². The molecule has 60 valence electrons. The highest BCUT2D eigenvalue weighted by Crippen LogP contribution is 2.29. The molecule has 2 nitrogen and oxygen atoms in total. The van der Waals surface area contributed by atoms with E-state index in [1.54, 1.807) is 0 Å². The number of alkyl halides is 1. The molecule has 0 aromatic heterocycles. The monoisotopic (exact) mass is 148 g/mol. The van der Waals surface area contributed by atoms with Crippen LogP contribution < -0.4 is 0 Å². The van der Waals surface area contributed by atoms with Gasteiger partial charge < -0.3 is 10.2 Å². The Hall–Kier alpha value is -0.150. The smallest absolute Gasteiger partial charge is 0.162 e. The van der Waals surface area contributed by atoms with Gasteiger partial charge in [-0.3, -0.25) is 4.39 Å². The van der Waals surface area contributed by atoms with Crippen molar-refractivity contribution in [2.24, 2.45) is 5.92 Å². The Morgan fingerprint density at radius 1 is 1.30 bits per heavy atom. The van der Waals surface area contributed by atoms with E-state index >= 15 is 0 Å². The molecule has 1 saturated carbocycles. The van der Waals surface area contributed by atoms with Crippen LogP contribution in [-0.2, 0) is 0 Å². The molecule has 0 radical (unpaired) electrons. The van der Waals surface area contributed by atoms with Crippen molar-refractivity contribution in [1.29, 1.82) is 0 Å². The first-order chi connectivity index (χ1) is 4.64. The first-order valence-electron chi connectivity index (χ1n) is 3.65. The second-order valence-electron chi connectivity index (χ2n) is 3.08. The Kier molecular flexibility index (Phi) is 2.26. The van der Waals surface area contributed by atoms with Gasteiger partial charge in [-0.15, -0.1) is 0 Å². The summed E-state index contributed by atoms with van der Waals surface area (Å²) in [5.41, 5.74) is 0. The van der Waals surface area contributed by atoms with E-state index < -0.39 is 5.79 Å². The van der Waals surface area contributed by atoms with Gasteiger partial charge in [-0.1, -0.05) is 0 Å². The molecular formula is C7H13FO2. The van der Waals surface area contributed by atoms with Crippen LogP contribution in [0.5, 0.6) is 0 Å². The van der Waals surface area contributed by atoms with Gasteiger partial charge in [-0.25, -0.2) is 0 Å². The molecule has 0 saturated heterocycles. The fourth-order valence-electron chi connectivity index (χ4n) is 1.29. The molecule has 1 rings (SSSR count). The van der Waals surface area contributed by atoms with E-state index in [1.165, 1.54) is 0 Å². The molecule has 0 spiro atoms. The third-order valence-corrected chi connectivity index (χ3v) is 2.12. The molecule has 3 heteroatoms. The molecule has 0 unspecified atom stereocenters. The van der Waals surface area contributed by atoms with Crippen molar-refractivity contribution in [3.63, 3.8) is 0 Å². The van der Waals surface area contributed by atoms with Crippen LogP contribution in [0.15, 0.2) is 0 Å². The summed E-state index contributed by atoms with van der Waals surface area (Å²) in [6, 6.07) is 0. The zero-order valence-corrected chi connectivity index (χ0v) is 5.89. The van der Waals surface area contributed by atoms with E-state index in [0.29, 0.717) is 25.7 Å². The fourth-order valence-corrected chi connectivity index (χ4v) is 1.29. The Balaban J connectivity index is 2.31. The summed E-state index contributed by atoms with van der Waals surface area (Å²) in [6.07, 6.45) is 1.84. The van der Waals surface area contributed by atoms with Crippen LogP contribution in [0.25, 0.3) is 0 Å². The van der Waals surface area contributed by atoms with Crippen LogP contribution in [0.4, 0.5) is 4.39 Å². The predicted octanol–water partition coefficient (Wildman–Crippen LogP) is 0.827. The predicted molar refractivity (Wildman–Crippen MR) is 35.1 cm³/mol. The highest BCUT2D eigenvalue weighted by Gasteiger charge is 2.30. The first kappa shape index (κ1) is 7.95. The number of halogens is 1. The molecule has 1 aliphatic rings. The lowest BCUT2D eigenvalue weighted by molar-refractivity contribution is -0.186. The highest BCUT2D eigenvalue weighted by atomic mass is 19.1. The van der Waals surface area contributed by atoms with E-state index in [9.17, 15) is 4.39 Å². The third-order valence-electron chi connectivity index (χ3n) is 2.12. The van der Waals surface area contributed by atoms with Crippen LogP contribution in [-0.4, -0.2) is 22.7 Å². The zero-order valence-electron chi connectivity index (χ0n) is 5.89. The summed E-state index contributed by atoms with van der Waals surface area (Å²) in [7, 11) is 0. The van der Waals surface area contributed by atoms with Gasteiger partial charge in [0, 0.05) is 12.8 Å². The molecule has 0 amide bonds. The van der Waals surface area contributed by atoms with Gasteiger partial charge in [0.15, 0.2) is 5.79 Å². The van der Waals surface area contributed by atoms with Crippen LogP contribution in [0.2, 0.25) is 0 Å². The van der Waals surface area contributed by atoms with Crippen molar-refractivity contribution in [2.45, 2.75) is 31.5 Å². The Bertz CT molecular complexity index is 104. The fraction of sp³-hybridized carbons (Fsp3) is 1.00. The SMILES string of the molecule is OC1(O)CCC(CF)CC1. The lowest BCUT2D eigenvalue weighted by Crippen LogP contribution is -2.33. The van der Waals surface area contributed by atoms with Crippen molar-refractivity contribution in [1.82, 2.24) is 0 Å². The van der Waals surface area contributed by atoms with Crippen LogP contribution >= 0.6 is 0 Å². The second-order valence-corrected chi connectivity index (χ2v) is 3.08. The van der Waals surface area contributed by atoms with Crippen molar-refractivity contribution in [3.05, 3.63) is 0 Å². The van der Waals surface area contributed by atoms with Gasteiger partial charge in [0.25, 0.3) is 0 Å². The van der Waals surface area contributed by atoms with Gasteiger partial charge in [-0.05, 0) is 18.8 Å². The van der Waals surface area contributed by atoms with E-state index in [1.807, 2.05) is 0 Å². The molecule has 0 atom stereocenters. The van der Waals surface area contributed by atoms with Crippen LogP contribution in [0.1, 0.15) is 25.7 Å². The molecule has 0 bridgehead atoms. The number of hydrogen-bond donors (Lipinski definition) is 2. The van der Waals surface area contributed by atoms with E-state index in [2.05, 4.69) is 0 Å². The maximum absolute atomic E-state index is 12.0. The summed E-state index contributed by atoms with van der Waals surface area (Å²) in [5.74, 6) is -1.45. The van der Waals surface area contributed by atoms with Crippen LogP contribution in [0, 0.1) is 5.92 Å². The van der Waals surface area contributed by atoms with Crippen molar-refractivity contribution in [2.75, 3.05) is 6.67 Å². The lowest BCUT2D eigenvalue weighted by Gasteiger charge is -2.30. The Labute approximate surface area is 59.7 Å². The van der Waals surface area contributed by atoms with Gasteiger partial charge in [0.2, 0.25) is 0 Å². The lowest BCUT2D eigenvalue weighted by atomic mass is 9.86. The average Bonchev–Trinajstić information content (AvgIpc) is 1.88. The van der Waals surface area contributed by atoms with Crippen molar-refractivity contribution in [3.8, 4) is 0 Å². The maximum atomic E-state index is 12.0. The Morgan fingerprint density at radius 2 is 1.80 bits per heavy atom. The standard InChI is InChI=1S/C7H13FO2/c8-5-6-1-3-7(9,10)4-2-6/h6,9-10H,1-5H2. The minimum absolute atomic E-state index is 0.0624. The normalized spacial score (nSPS) is 26.7. The van der Waals surface area contributed by atoms with Gasteiger partial charge in [0.05, 0.1) is 6.67 Å². The number of rotatable bonds is 1. The summed E-state index contributed by atoms with van der Waals surface area (Å²) < 4.78 is 12.0. The molecular weight excluding hydrogens is 135 g/mol. The first-order valence-corrected chi connectivity index (χ1v) is 3.65. The number of aliphatic hydroxyl groups is 2. The van der Waals surface area contributed by atoms with Crippen molar-refractivity contribution < 1.29 is 14.6 Å². The minimum Gasteiger partial charge on any atom is -0.366 e. The summed E-state index contributed by atoms with van der Waals surface area (Å²) in [5, 5.41) is 18.0. The van der Waals surface area contributed by atoms with E-state index in [0.717, 1.165) is 0 Å². The van der Waals surface area contributed by atoms with Gasteiger partial charge in [-0.2, -0.15) is 0 Å². The van der Waals surface area contributed by atoms with E-state index in [4.69, 9.17) is 10.2 Å². The molecule has 1 fully saturated rings. The average molecular weight is 148 g/mol. The summed E-state index contributed by atoms with van der Waals surface area (Å²) in [6.45, 7) is -0.323. The van der Waals surface area contributed by atoms with Gasteiger partial charge >= 0.3 is 0 Å². The Morgan fingerprint density at radius 3 is 2.20 bits per heavy atom. The molecule has 0 aliphatic heterocycles. The zero-order chi connectivity index (χ0) is 7.61. The minimum atomic E-state index is -1.51. The van der Waals surface area contributed by atoms with Crippen molar-refractivity contribution >= 4 is 0 Å². The van der Waals surface area contributed by atoms with Gasteiger partial charge in [0.1, 0.15) is 0 Å². The quantitative estimate of drug-likeness (QED) is 0.541. The largest absolute Gasteiger partial charge is 0.366 e.